The molecule has 0 atom stereocenters. The lowest BCUT2D eigenvalue weighted by molar-refractivity contribution is 0.474. The Hall–Kier alpha value is -1.67. The van der Waals surface area contributed by atoms with Crippen LogP contribution in [0.15, 0.2) is 46.0 Å². The first kappa shape index (κ1) is 17.2. The Morgan fingerprint density at radius 1 is 1.25 bits per heavy atom. The summed E-state index contributed by atoms with van der Waals surface area (Å²) in [6.07, 6.45) is 1.48. The molecule has 24 heavy (non-hydrogen) atoms. The van der Waals surface area contributed by atoms with Crippen molar-refractivity contribution in [1.82, 2.24) is 14.9 Å². The van der Waals surface area contributed by atoms with Gasteiger partial charge in [-0.05, 0) is 48.6 Å². The van der Waals surface area contributed by atoms with Gasteiger partial charge in [-0.2, -0.15) is 14.9 Å². The summed E-state index contributed by atoms with van der Waals surface area (Å²) < 4.78 is 2.53. The van der Waals surface area contributed by atoms with Crippen LogP contribution in [0.5, 0.6) is 5.75 Å². The van der Waals surface area contributed by atoms with Crippen LogP contribution >= 0.6 is 51.3 Å². The Morgan fingerprint density at radius 2 is 2.04 bits per heavy atom. The summed E-state index contributed by atoms with van der Waals surface area (Å²) in [6, 6.07) is 10.1. The van der Waals surface area contributed by atoms with Gasteiger partial charge in [0.15, 0.2) is 5.82 Å². The number of phenols is 1. The van der Waals surface area contributed by atoms with Gasteiger partial charge in [0.2, 0.25) is 4.77 Å². The molecule has 0 unspecified atom stereocenters. The molecular weight excluding hydrogens is 435 g/mol. The molecule has 122 valence electrons. The third-order valence-electron chi connectivity index (χ3n) is 3.12. The summed E-state index contributed by atoms with van der Waals surface area (Å²) in [7, 11) is 0. The zero-order valence-electron chi connectivity index (χ0n) is 11.9. The molecule has 0 bridgehead atoms. The largest absolute Gasteiger partial charge is 0.507 e. The number of benzene rings is 2. The highest BCUT2D eigenvalue weighted by molar-refractivity contribution is 9.10. The fourth-order valence-corrected chi connectivity index (χ4v) is 3.04. The molecule has 0 fully saturated rings. The summed E-state index contributed by atoms with van der Waals surface area (Å²) in [6.45, 7) is 0. The summed E-state index contributed by atoms with van der Waals surface area (Å²) >= 11 is 20.7. The average molecular weight is 444 g/mol. The van der Waals surface area contributed by atoms with Gasteiger partial charge in [0.1, 0.15) is 5.75 Å². The summed E-state index contributed by atoms with van der Waals surface area (Å²) in [5.41, 5.74) is 1.16. The maximum absolute atomic E-state index is 9.89. The van der Waals surface area contributed by atoms with E-state index in [9.17, 15) is 5.11 Å². The smallest absolute Gasteiger partial charge is 0.216 e. The number of aromatic amines is 1. The van der Waals surface area contributed by atoms with Crippen LogP contribution in [-0.4, -0.2) is 26.2 Å². The molecule has 0 saturated carbocycles. The summed E-state index contributed by atoms with van der Waals surface area (Å²) in [4.78, 5) is 0. The zero-order chi connectivity index (χ0) is 17.3. The van der Waals surface area contributed by atoms with Crippen molar-refractivity contribution in [2.24, 2.45) is 5.10 Å². The third kappa shape index (κ3) is 3.54. The van der Waals surface area contributed by atoms with Gasteiger partial charge in [0.25, 0.3) is 0 Å². The molecular formula is C15H9BrCl2N4OS. The van der Waals surface area contributed by atoms with E-state index >= 15 is 0 Å². The number of rotatable bonds is 3. The van der Waals surface area contributed by atoms with Gasteiger partial charge in [0.05, 0.1) is 11.2 Å². The minimum absolute atomic E-state index is 0.100. The highest BCUT2D eigenvalue weighted by Gasteiger charge is 2.12. The molecule has 3 aromatic rings. The normalized spacial score (nSPS) is 11.3. The molecule has 5 nitrogen and oxygen atoms in total. The predicted molar refractivity (Wildman–Crippen MR) is 102 cm³/mol. The summed E-state index contributed by atoms with van der Waals surface area (Å²) in [5, 5.41) is 22.0. The number of aromatic hydroxyl groups is 1. The first-order chi connectivity index (χ1) is 11.5. The molecule has 0 aliphatic heterocycles. The zero-order valence-corrected chi connectivity index (χ0v) is 15.8. The van der Waals surface area contributed by atoms with Gasteiger partial charge in [-0.1, -0.05) is 39.1 Å². The lowest BCUT2D eigenvalue weighted by atomic mass is 10.2. The maximum atomic E-state index is 9.89. The Labute approximate surface area is 160 Å². The van der Waals surface area contributed by atoms with E-state index in [1.165, 1.54) is 10.9 Å². The average Bonchev–Trinajstić information content (AvgIpc) is 2.89. The van der Waals surface area contributed by atoms with Crippen molar-refractivity contribution in [3.05, 3.63) is 61.3 Å². The van der Waals surface area contributed by atoms with Crippen molar-refractivity contribution in [2.75, 3.05) is 0 Å². The molecule has 3 rings (SSSR count). The second-order valence-electron chi connectivity index (χ2n) is 4.74. The Kier molecular flexibility index (Phi) is 5.05. The number of hydrogen-bond donors (Lipinski definition) is 2. The van der Waals surface area contributed by atoms with Crippen molar-refractivity contribution >= 4 is 57.6 Å². The second kappa shape index (κ2) is 7.06. The van der Waals surface area contributed by atoms with E-state index in [0.717, 1.165) is 4.47 Å². The lowest BCUT2D eigenvalue weighted by Crippen LogP contribution is -1.96. The quantitative estimate of drug-likeness (QED) is 0.428. The number of H-pyrrole nitrogens is 1. The van der Waals surface area contributed by atoms with Crippen LogP contribution in [0, 0.1) is 4.77 Å². The van der Waals surface area contributed by atoms with Crippen LogP contribution in [0.25, 0.3) is 11.4 Å². The van der Waals surface area contributed by atoms with Crippen LogP contribution in [0.4, 0.5) is 0 Å². The van der Waals surface area contributed by atoms with Crippen molar-refractivity contribution in [2.45, 2.75) is 0 Å². The highest BCUT2D eigenvalue weighted by atomic mass is 79.9. The molecule has 2 aromatic carbocycles. The van der Waals surface area contributed by atoms with Crippen LogP contribution in [0.2, 0.25) is 10.0 Å². The van der Waals surface area contributed by atoms with Gasteiger partial charge >= 0.3 is 0 Å². The Morgan fingerprint density at radius 3 is 2.79 bits per heavy atom. The second-order valence-corrected chi connectivity index (χ2v) is 6.88. The number of halogens is 3. The summed E-state index contributed by atoms with van der Waals surface area (Å²) in [5.74, 6) is 0.537. The SMILES string of the molecule is Oc1ccc(Br)cc1/C=N/n1c(-c2ccc(Cl)cc2Cl)n[nH]c1=S. The molecule has 0 radical (unpaired) electrons. The number of hydrogen-bond acceptors (Lipinski definition) is 4. The van der Waals surface area contributed by atoms with Gasteiger partial charge in [-0.25, -0.2) is 5.10 Å². The van der Waals surface area contributed by atoms with Crippen molar-refractivity contribution < 1.29 is 5.11 Å². The van der Waals surface area contributed by atoms with Gasteiger partial charge in [-0.15, -0.1) is 0 Å². The van der Waals surface area contributed by atoms with E-state index in [1.54, 1.807) is 36.4 Å². The minimum atomic E-state index is 0.100. The number of nitrogens with zero attached hydrogens (tertiary/aromatic N) is 3. The van der Waals surface area contributed by atoms with E-state index in [2.05, 4.69) is 31.2 Å². The van der Waals surface area contributed by atoms with Crippen LogP contribution in [0.1, 0.15) is 5.56 Å². The van der Waals surface area contributed by atoms with E-state index in [4.69, 9.17) is 35.4 Å². The van der Waals surface area contributed by atoms with E-state index in [0.29, 0.717) is 31.8 Å². The number of phenolic OH excluding ortho intramolecular Hbond substituents is 1. The fourth-order valence-electron chi connectivity index (χ4n) is 1.99. The Bertz CT molecular complexity index is 999. The van der Waals surface area contributed by atoms with E-state index in [1.807, 2.05) is 0 Å². The molecule has 0 aliphatic rings. The first-order valence-corrected chi connectivity index (χ1v) is 8.57. The lowest BCUT2D eigenvalue weighted by Gasteiger charge is -2.04. The topological polar surface area (TPSA) is 66.2 Å². The molecule has 0 saturated heterocycles. The molecule has 0 aliphatic carbocycles. The van der Waals surface area contributed by atoms with Crippen LogP contribution in [-0.2, 0) is 0 Å². The molecule has 0 spiro atoms. The molecule has 0 amide bonds. The highest BCUT2D eigenvalue weighted by Crippen LogP contribution is 2.29. The molecule has 1 aromatic heterocycles. The molecule has 2 N–H and O–H groups in total. The predicted octanol–water partition coefficient (Wildman–Crippen LogP) is 5.26. The molecule has 9 heteroatoms. The van der Waals surface area contributed by atoms with Crippen molar-refractivity contribution in [3.63, 3.8) is 0 Å². The molecule has 1 heterocycles. The van der Waals surface area contributed by atoms with Gasteiger partial charge < -0.3 is 5.11 Å². The van der Waals surface area contributed by atoms with Crippen LogP contribution < -0.4 is 0 Å². The standard InChI is InChI=1S/C15H9BrCl2N4OS/c16-9-1-4-13(23)8(5-9)7-19-22-14(20-21-15(22)24)11-3-2-10(17)6-12(11)18/h1-7,23H,(H,21,24)/b19-7+. The van der Waals surface area contributed by atoms with Crippen molar-refractivity contribution in [3.8, 4) is 17.1 Å². The van der Waals surface area contributed by atoms with Crippen molar-refractivity contribution in [1.29, 1.82) is 0 Å². The maximum Gasteiger partial charge on any atom is 0.216 e. The minimum Gasteiger partial charge on any atom is -0.507 e. The van der Waals surface area contributed by atoms with Gasteiger partial charge in [0, 0.05) is 20.6 Å². The van der Waals surface area contributed by atoms with E-state index in [-0.39, 0.29) is 5.75 Å². The number of aromatic nitrogens is 3. The van der Waals surface area contributed by atoms with E-state index < -0.39 is 0 Å². The monoisotopic (exact) mass is 442 g/mol. The fraction of sp³-hybridized carbons (Fsp3) is 0. The number of nitrogens with one attached hydrogen (secondary N) is 1. The van der Waals surface area contributed by atoms with Gasteiger partial charge in [-0.3, -0.25) is 0 Å². The first-order valence-electron chi connectivity index (χ1n) is 6.61. The Balaban J connectivity index is 2.06. The van der Waals surface area contributed by atoms with Crippen LogP contribution in [0.3, 0.4) is 0 Å². The third-order valence-corrected chi connectivity index (χ3v) is 4.43.